The van der Waals surface area contributed by atoms with E-state index in [1.807, 2.05) is 5.38 Å². The second-order valence-corrected chi connectivity index (χ2v) is 6.75. The van der Waals surface area contributed by atoms with Gasteiger partial charge in [-0.2, -0.15) is 23.6 Å². The fourth-order valence-electron chi connectivity index (χ4n) is 2.31. The molecule has 1 amide bonds. The minimum Gasteiger partial charge on any atom is -0.338 e. The summed E-state index contributed by atoms with van der Waals surface area (Å²) >= 11 is 1.46. The molecule has 0 aliphatic rings. The first-order chi connectivity index (χ1) is 14.2. The van der Waals surface area contributed by atoms with Crippen LogP contribution < -0.4 is 11.2 Å². The number of nitrogens with one attached hydrogen (secondary N) is 1. The molecular formula is C17H14F3N5O4S. The van der Waals surface area contributed by atoms with E-state index in [2.05, 4.69) is 20.0 Å². The number of alkyl halides is 3. The number of carbonyl (C=O) groups is 2. The molecule has 0 radical (unpaired) electrons. The number of nitrogens with zero attached hydrogens (tertiary/aromatic N) is 3. The fourth-order valence-corrected chi connectivity index (χ4v) is 2.88. The third kappa shape index (κ3) is 5.61. The van der Waals surface area contributed by atoms with Crippen molar-refractivity contribution in [2.75, 3.05) is 0 Å². The molecule has 0 aliphatic heterocycles. The van der Waals surface area contributed by atoms with Gasteiger partial charge in [-0.05, 0) is 17.7 Å². The van der Waals surface area contributed by atoms with Crippen LogP contribution in [0.4, 0.5) is 13.2 Å². The van der Waals surface area contributed by atoms with Crippen molar-refractivity contribution < 1.29 is 32.1 Å². The van der Waals surface area contributed by atoms with Crippen molar-refractivity contribution in [3.8, 4) is 0 Å². The fraction of sp³-hybridized carbons (Fsp3) is 0.235. The number of hydrogen-bond acceptors (Lipinski definition) is 9. The Morgan fingerprint density at radius 2 is 2.00 bits per heavy atom. The van der Waals surface area contributed by atoms with Crippen molar-refractivity contribution in [3.05, 3.63) is 63.7 Å². The summed E-state index contributed by atoms with van der Waals surface area (Å²) in [6, 6.07) is 5.29. The van der Waals surface area contributed by atoms with E-state index in [4.69, 9.17) is 10.3 Å². The second kappa shape index (κ2) is 9.00. The van der Waals surface area contributed by atoms with Gasteiger partial charge in [-0.1, -0.05) is 17.3 Å². The first kappa shape index (κ1) is 21.4. The average molecular weight is 441 g/mol. The molecule has 2 heterocycles. The summed E-state index contributed by atoms with van der Waals surface area (Å²) in [4.78, 5) is 34.4. The first-order valence-corrected chi connectivity index (χ1v) is 9.29. The number of amides is 1. The Kier molecular flexibility index (Phi) is 6.42. The predicted molar refractivity (Wildman–Crippen MR) is 95.9 cm³/mol. The smallest absolute Gasteiger partial charge is 0.338 e. The monoisotopic (exact) mass is 441 g/mol. The minimum absolute atomic E-state index is 0.00666. The molecule has 0 bridgehead atoms. The maximum absolute atomic E-state index is 12.1. The highest BCUT2D eigenvalue weighted by Crippen LogP contribution is 2.17. The van der Waals surface area contributed by atoms with E-state index in [-0.39, 0.29) is 17.9 Å². The lowest BCUT2D eigenvalue weighted by molar-refractivity contribution is -0.204. The topological polar surface area (TPSA) is 133 Å². The first-order valence-electron chi connectivity index (χ1n) is 8.35. The highest BCUT2D eigenvalue weighted by Gasteiger charge is 2.42. The number of hydroxylamine groups is 1. The number of rotatable bonds is 6. The highest BCUT2D eigenvalue weighted by molar-refractivity contribution is 7.07. The Hall–Kier alpha value is -3.32. The van der Waals surface area contributed by atoms with E-state index < -0.39 is 24.1 Å². The number of carbonyl (C=O) groups excluding carboxylic acids is 2. The Morgan fingerprint density at radius 3 is 2.63 bits per heavy atom. The van der Waals surface area contributed by atoms with Crippen LogP contribution in [-0.4, -0.2) is 33.2 Å². The van der Waals surface area contributed by atoms with Crippen molar-refractivity contribution >= 4 is 23.2 Å². The number of nitrogens with two attached hydrogens (primary N) is 1. The van der Waals surface area contributed by atoms with E-state index >= 15 is 0 Å². The molecule has 158 valence electrons. The van der Waals surface area contributed by atoms with Crippen molar-refractivity contribution in [3.63, 3.8) is 0 Å². The number of aromatic nitrogens is 3. The Bertz CT molecular complexity index is 1010. The van der Waals surface area contributed by atoms with E-state index in [1.165, 1.54) is 28.9 Å². The van der Waals surface area contributed by atoms with Crippen LogP contribution >= 0.6 is 11.3 Å². The molecule has 9 nitrogen and oxygen atoms in total. The van der Waals surface area contributed by atoms with Gasteiger partial charge in [-0.25, -0.2) is 9.78 Å². The molecule has 1 aromatic carbocycles. The molecule has 0 unspecified atom stereocenters. The predicted octanol–water partition coefficient (Wildman–Crippen LogP) is 2.11. The molecular weight excluding hydrogens is 427 g/mol. The van der Waals surface area contributed by atoms with Crippen LogP contribution in [0.3, 0.4) is 0 Å². The van der Waals surface area contributed by atoms with Crippen LogP contribution in [0.1, 0.15) is 39.4 Å². The second-order valence-electron chi connectivity index (χ2n) is 6.03. The molecule has 3 rings (SSSR count). The van der Waals surface area contributed by atoms with Gasteiger partial charge in [0, 0.05) is 23.8 Å². The van der Waals surface area contributed by atoms with Crippen molar-refractivity contribution in [2.24, 2.45) is 5.73 Å². The molecule has 3 aromatic rings. The van der Waals surface area contributed by atoms with Gasteiger partial charge in [-0.15, -0.1) is 11.3 Å². The summed E-state index contributed by atoms with van der Waals surface area (Å²) in [6.45, 7) is 0. The summed E-state index contributed by atoms with van der Waals surface area (Å²) in [7, 11) is 0. The van der Waals surface area contributed by atoms with Gasteiger partial charge in [-0.3, -0.25) is 4.79 Å². The lowest BCUT2D eigenvalue weighted by atomic mass is 10.1. The molecule has 30 heavy (non-hydrogen) atoms. The zero-order valence-corrected chi connectivity index (χ0v) is 15.9. The average Bonchev–Trinajstić information content (AvgIpc) is 3.37. The lowest BCUT2D eigenvalue weighted by Gasteiger charge is -2.07. The van der Waals surface area contributed by atoms with Gasteiger partial charge in [0.15, 0.2) is 5.82 Å². The van der Waals surface area contributed by atoms with E-state index in [1.54, 1.807) is 17.6 Å². The summed E-state index contributed by atoms with van der Waals surface area (Å²) in [5.74, 6) is -2.89. The number of benzene rings is 1. The van der Waals surface area contributed by atoms with Crippen molar-refractivity contribution in [1.29, 1.82) is 0 Å². The number of thiazole rings is 1. The Balaban J connectivity index is 1.55. The molecule has 0 fully saturated rings. The summed E-state index contributed by atoms with van der Waals surface area (Å²) in [5, 5.41) is 5.74. The maximum Gasteiger partial charge on any atom is 0.493 e. The van der Waals surface area contributed by atoms with Crippen LogP contribution in [0, 0.1) is 0 Å². The van der Waals surface area contributed by atoms with E-state index in [0.29, 0.717) is 17.8 Å². The van der Waals surface area contributed by atoms with Gasteiger partial charge in [0.2, 0.25) is 5.89 Å². The van der Waals surface area contributed by atoms with Gasteiger partial charge in [0.1, 0.15) is 0 Å². The highest BCUT2D eigenvalue weighted by atomic mass is 32.1. The van der Waals surface area contributed by atoms with Gasteiger partial charge >= 0.3 is 12.1 Å². The molecule has 0 aliphatic carbocycles. The summed E-state index contributed by atoms with van der Waals surface area (Å²) in [6.07, 6.45) is -4.48. The quantitative estimate of drug-likeness (QED) is 0.556. The SMILES string of the molecule is N[C@@H](Cc1cscn1)c1nc(Cc2ccc(C(=O)NOC(=O)C(F)(F)F)cc2)no1. The van der Waals surface area contributed by atoms with Crippen LogP contribution in [0.2, 0.25) is 0 Å². The zero-order chi connectivity index (χ0) is 21.7. The van der Waals surface area contributed by atoms with Crippen molar-refractivity contribution in [1.82, 2.24) is 20.6 Å². The van der Waals surface area contributed by atoms with Gasteiger partial charge in [0.25, 0.3) is 5.91 Å². The minimum atomic E-state index is -5.21. The number of halogens is 3. The van der Waals surface area contributed by atoms with Crippen LogP contribution in [-0.2, 0) is 22.5 Å². The molecule has 2 aromatic heterocycles. The maximum atomic E-state index is 12.1. The zero-order valence-electron chi connectivity index (χ0n) is 15.0. The largest absolute Gasteiger partial charge is 0.493 e. The summed E-state index contributed by atoms with van der Waals surface area (Å²) < 4.78 is 41.3. The summed E-state index contributed by atoms with van der Waals surface area (Å²) in [5.41, 5.74) is 10.7. The molecule has 13 heteroatoms. The molecule has 0 spiro atoms. The van der Waals surface area contributed by atoms with Crippen LogP contribution in [0.25, 0.3) is 0 Å². The standard InChI is InChI=1S/C17H14F3N5O4S/c18-17(19,20)16(27)29-25-14(26)10-3-1-9(2-4-10)5-13-23-15(28-24-13)12(21)6-11-7-30-8-22-11/h1-4,7-8,12H,5-6,21H2,(H,25,26)/t12-/m0/s1. The Morgan fingerprint density at radius 1 is 1.27 bits per heavy atom. The van der Waals surface area contributed by atoms with E-state index in [9.17, 15) is 22.8 Å². The molecule has 0 saturated carbocycles. The van der Waals surface area contributed by atoms with Crippen molar-refractivity contribution in [2.45, 2.75) is 25.1 Å². The normalized spacial score (nSPS) is 12.4. The Labute approximate surface area is 171 Å². The molecule has 1 atom stereocenters. The molecule has 3 N–H and O–H groups in total. The van der Waals surface area contributed by atoms with Crippen LogP contribution in [0.5, 0.6) is 0 Å². The van der Waals surface area contributed by atoms with E-state index in [0.717, 1.165) is 5.69 Å². The van der Waals surface area contributed by atoms with Crippen LogP contribution in [0.15, 0.2) is 39.7 Å². The number of hydrogen-bond donors (Lipinski definition) is 2. The third-order valence-corrected chi connectivity index (χ3v) is 4.40. The lowest BCUT2D eigenvalue weighted by Crippen LogP contribution is -2.34. The third-order valence-electron chi connectivity index (χ3n) is 3.76. The van der Waals surface area contributed by atoms with Gasteiger partial charge < -0.3 is 15.1 Å². The van der Waals surface area contributed by atoms with Gasteiger partial charge in [0.05, 0.1) is 17.2 Å². The molecule has 0 saturated heterocycles.